The molecule has 0 heterocycles. The Labute approximate surface area is 100.0 Å². The van der Waals surface area contributed by atoms with Gasteiger partial charge in [-0.3, -0.25) is 3.07 Å². The first-order chi connectivity index (χ1) is 6.45. The maximum absolute atomic E-state index is 10.9. The van der Waals surface area contributed by atoms with Crippen molar-refractivity contribution in [2.45, 2.75) is 11.2 Å². The summed E-state index contributed by atoms with van der Waals surface area (Å²) >= 11 is 1.55. The second-order valence-electron chi connectivity index (χ2n) is 2.45. The minimum Gasteiger partial charge on any atom is -0.364 e. The van der Waals surface area contributed by atoms with Crippen LogP contribution in [0.1, 0.15) is 11.9 Å². The van der Waals surface area contributed by atoms with E-state index in [0.29, 0.717) is 5.56 Å². The van der Waals surface area contributed by atoms with Crippen molar-refractivity contribution in [2.75, 3.05) is 0 Å². The van der Waals surface area contributed by atoms with E-state index >= 15 is 0 Å². The zero-order chi connectivity index (χ0) is 10.8. The van der Waals surface area contributed by atoms with Crippen molar-refractivity contribution in [2.24, 2.45) is 0 Å². The van der Waals surface area contributed by atoms with E-state index in [1.807, 2.05) is 0 Å². The molecule has 78 valence electrons. The molecule has 0 spiro atoms. The van der Waals surface area contributed by atoms with Gasteiger partial charge in [0.2, 0.25) is 0 Å². The van der Waals surface area contributed by atoms with Crippen LogP contribution in [0.4, 0.5) is 0 Å². The van der Waals surface area contributed by atoms with E-state index in [1.165, 1.54) is 24.3 Å². The smallest absolute Gasteiger partial charge is 0.261 e. The first-order valence-electron chi connectivity index (χ1n) is 3.45. The van der Waals surface area contributed by atoms with Gasteiger partial charge < -0.3 is 5.11 Å². The first kappa shape index (κ1) is 12.2. The van der Waals surface area contributed by atoms with Crippen molar-refractivity contribution < 1.29 is 16.6 Å². The molecule has 0 aliphatic rings. The topological polar surface area (TPSA) is 63.6 Å². The number of halogens is 2. The first-order valence-corrected chi connectivity index (χ1v) is 6.64. The lowest BCUT2D eigenvalue weighted by Crippen LogP contribution is -1.97. The van der Waals surface area contributed by atoms with E-state index in [1.54, 1.807) is 23.0 Å². The van der Waals surface area contributed by atoms with Crippen LogP contribution in [0.25, 0.3) is 0 Å². The molecule has 1 aromatic rings. The van der Waals surface area contributed by atoms with Crippen LogP contribution in [0, 0.1) is 0 Å². The second kappa shape index (κ2) is 4.75. The predicted molar refractivity (Wildman–Crippen MR) is 59.5 cm³/mol. The minimum atomic E-state index is -3.70. The average Bonchev–Trinajstić information content (AvgIpc) is 2.15. The Bertz CT molecular complexity index is 402. The van der Waals surface area contributed by atoms with Crippen molar-refractivity contribution >= 4 is 42.7 Å². The average molecular weight is 349 g/mol. The van der Waals surface area contributed by atoms with Crippen LogP contribution in [-0.2, 0) is 12.1 Å². The Hall–Kier alpha value is 0.110. The van der Waals surface area contributed by atoms with Crippen molar-refractivity contribution in [1.29, 1.82) is 0 Å². The van der Waals surface area contributed by atoms with Crippen LogP contribution in [-0.4, -0.2) is 13.5 Å². The Kier molecular flexibility index (Phi) is 4.14. The van der Waals surface area contributed by atoms with Gasteiger partial charge in [-0.2, -0.15) is 0 Å². The monoisotopic (exact) mass is 348 g/mol. The molecule has 0 fully saturated rings. The highest BCUT2D eigenvalue weighted by Crippen LogP contribution is 2.20. The van der Waals surface area contributed by atoms with Crippen LogP contribution < -0.4 is 0 Å². The minimum absolute atomic E-state index is 0.0106. The van der Waals surface area contributed by atoms with Crippen molar-refractivity contribution in [3.05, 3.63) is 29.8 Å². The Balaban J connectivity index is 3.01. The second-order valence-corrected chi connectivity index (χ2v) is 5.52. The molecule has 0 saturated heterocycles. The Morgan fingerprint density at radius 2 is 1.86 bits per heavy atom. The van der Waals surface area contributed by atoms with Crippen molar-refractivity contribution in [3.8, 4) is 0 Å². The zero-order valence-electron chi connectivity index (χ0n) is 6.72. The summed E-state index contributed by atoms with van der Waals surface area (Å²) in [6.07, 6.45) is -1.07. The summed E-state index contributed by atoms with van der Waals surface area (Å²) in [4.78, 5) is -0.0106. The zero-order valence-corrected chi connectivity index (χ0v) is 10.5. The number of benzene rings is 1. The fraction of sp³-hybridized carbons (Fsp3) is 0.143. The van der Waals surface area contributed by atoms with Gasteiger partial charge in [0.25, 0.3) is 9.05 Å². The van der Waals surface area contributed by atoms with Gasteiger partial charge in [0.1, 0.15) is 23.0 Å². The van der Waals surface area contributed by atoms with Gasteiger partial charge in [-0.05, 0) is 12.1 Å². The summed E-state index contributed by atoms with van der Waals surface area (Å²) in [5.74, 6) is 0. The molecule has 0 amide bonds. The number of aliphatic hydroxyl groups is 1. The Morgan fingerprint density at radius 3 is 2.21 bits per heavy atom. The van der Waals surface area contributed by atoms with E-state index in [2.05, 4.69) is 3.07 Å². The van der Waals surface area contributed by atoms with E-state index in [-0.39, 0.29) is 4.90 Å². The molecule has 0 aromatic heterocycles. The van der Waals surface area contributed by atoms with Crippen molar-refractivity contribution in [1.82, 2.24) is 0 Å². The summed E-state index contributed by atoms with van der Waals surface area (Å²) in [7, 11) is 1.40. The quantitative estimate of drug-likeness (QED) is 0.515. The summed E-state index contributed by atoms with van der Waals surface area (Å²) < 4.78 is 26.3. The Morgan fingerprint density at radius 1 is 1.36 bits per heavy atom. The van der Waals surface area contributed by atoms with Gasteiger partial charge in [0, 0.05) is 16.2 Å². The third-order valence-electron chi connectivity index (χ3n) is 1.53. The van der Waals surface area contributed by atoms with Crippen LogP contribution in [0.2, 0.25) is 0 Å². The molecule has 1 aromatic carbocycles. The lowest BCUT2D eigenvalue weighted by molar-refractivity contribution is 0.0167. The third kappa shape index (κ3) is 3.06. The van der Waals surface area contributed by atoms with Crippen LogP contribution >= 0.6 is 33.7 Å². The number of aliphatic hydroxyl groups excluding tert-OH is 1. The largest absolute Gasteiger partial charge is 0.364 e. The summed E-state index contributed by atoms with van der Waals surface area (Å²) in [5.41, 5.74) is 0.462. The molecule has 0 aliphatic carbocycles. The molecule has 1 atom stereocenters. The van der Waals surface area contributed by atoms with Crippen LogP contribution in [0.5, 0.6) is 0 Å². The number of hydrogen-bond donors (Lipinski definition) is 1. The lowest BCUT2D eigenvalue weighted by Gasteiger charge is -2.06. The summed E-state index contributed by atoms with van der Waals surface area (Å²) in [6.45, 7) is 0. The maximum atomic E-state index is 10.9. The highest BCUT2D eigenvalue weighted by molar-refractivity contribution is 14.1. The molecule has 1 rings (SSSR count). The van der Waals surface area contributed by atoms with E-state index < -0.39 is 15.3 Å². The lowest BCUT2D eigenvalue weighted by atomic mass is 10.2. The highest BCUT2D eigenvalue weighted by atomic mass is 127. The fourth-order valence-corrected chi connectivity index (χ4v) is 1.91. The van der Waals surface area contributed by atoms with Crippen LogP contribution in [0.15, 0.2) is 29.2 Å². The molecule has 1 N–H and O–H groups in total. The maximum Gasteiger partial charge on any atom is 0.261 e. The number of hydrogen-bond acceptors (Lipinski definition) is 4. The van der Waals surface area contributed by atoms with Gasteiger partial charge >= 0.3 is 0 Å². The van der Waals surface area contributed by atoms with Gasteiger partial charge in [0.05, 0.1) is 4.90 Å². The van der Waals surface area contributed by atoms with Gasteiger partial charge in [-0.25, -0.2) is 8.42 Å². The molecule has 1 unspecified atom stereocenters. The molecule has 4 nitrogen and oxygen atoms in total. The third-order valence-corrected chi connectivity index (χ3v) is 3.38. The van der Waals surface area contributed by atoms with E-state index in [0.717, 1.165) is 0 Å². The van der Waals surface area contributed by atoms with E-state index in [9.17, 15) is 13.5 Å². The molecule has 0 aliphatic heterocycles. The van der Waals surface area contributed by atoms with Crippen LogP contribution in [0.3, 0.4) is 0 Å². The standard InChI is InChI=1S/C7H6ClIO4S/c8-14(11,12)6-3-1-5(2-4-6)7(10)13-9/h1-4,7,10H. The van der Waals surface area contributed by atoms with Crippen molar-refractivity contribution in [3.63, 3.8) is 0 Å². The van der Waals surface area contributed by atoms with E-state index in [4.69, 9.17) is 10.7 Å². The summed E-state index contributed by atoms with van der Waals surface area (Å²) in [5, 5.41) is 9.21. The number of rotatable bonds is 3. The predicted octanol–water partition coefficient (Wildman–Crippen LogP) is 1.97. The molecular weight excluding hydrogens is 342 g/mol. The normalized spacial score (nSPS) is 13.9. The van der Waals surface area contributed by atoms with Gasteiger partial charge in [-0.15, -0.1) is 0 Å². The molecule has 14 heavy (non-hydrogen) atoms. The molecule has 7 heteroatoms. The SMILES string of the molecule is O=S(=O)(Cl)c1ccc(C(O)OI)cc1. The molecule has 0 bridgehead atoms. The fourth-order valence-electron chi connectivity index (χ4n) is 0.846. The molecule has 0 saturated carbocycles. The summed E-state index contributed by atoms with van der Waals surface area (Å²) in [6, 6.07) is 5.46. The van der Waals surface area contributed by atoms with Gasteiger partial charge in [0.15, 0.2) is 6.29 Å². The highest BCUT2D eigenvalue weighted by Gasteiger charge is 2.11. The molecular formula is C7H6ClIO4S. The molecule has 0 radical (unpaired) electrons. The van der Waals surface area contributed by atoms with Gasteiger partial charge in [-0.1, -0.05) is 12.1 Å².